The first-order valence-electron chi connectivity index (χ1n) is 9.59. The van der Waals surface area contributed by atoms with Crippen LogP contribution in [0.4, 0.5) is 0 Å². The Labute approximate surface area is 172 Å². The van der Waals surface area contributed by atoms with Gasteiger partial charge in [-0.05, 0) is 46.2 Å². The molecule has 1 aliphatic heterocycles. The van der Waals surface area contributed by atoms with E-state index in [9.17, 15) is 10.3 Å². The molecule has 1 aliphatic rings. The lowest BCUT2D eigenvalue weighted by Crippen LogP contribution is -2.37. The number of rotatable bonds is 4. The SMILES string of the molecule is [O-][n+]1cc(CN2CCOCC2)ccc1-c1c(O)[nH]c2ccc(-c3ccsc3)cc12. The number of hydrogen-bond acceptors (Lipinski definition) is 5. The maximum atomic E-state index is 12.8. The molecule has 5 rings (SSSR count). The normalized spacial score (nSPS) is 15.2. The van der Waals surface area contributed by atoms with Crippen LogP contribution in [-0.2, 0) is 11.3 Å². The van der Waals surface area contributed by atoms with Gasteiger partial charge >= 0.3 is 0 Å². The zero-order valence-electron chi connectivity index (χ0n) is 15.8. The van der Waals surface area contributed by atoms with Crippen molar-refractivity contribution in [1.82, 2.24) is 9.88 Å². The molecule has 0 bridgehead atoms. The molecule has 1 fully saturated rings. The van der Waals surface area contributed by atoms with E-state index >= 15 is 0 Å². The molecule has 0 spiro atoms. The van der Waals surface area contributed by atoms with Gasteiger partial charge in [0.15, 0.2) is 6.20 Å². The van der Waals surface area contributed by atoms with Gasteiger partial charge in [-0.15, -0.1) is 0 Å². The number of H-pyrrole nitrogens is 1. The lowest BCUT2D eigenvalue weighted by atomic mass is 10.0. The smallest absolute Gasteiger partial charge is 0.229 e. The van der Waals surface area contributed by atoms with E-state index in [1.54, 1.807) is 23.6 Å². The highest BCUT2D eigenvalue weighted by Gasteiger charge is 2.21. The van der Waals surface area contributed by atoms with Crippen molar-refractivity contribution in [3.05, 3.63) is 64.1 Å². The van der Waals surface area contributed by atoms with Gasteiger partial charge in [0.05, 0.1) is 13.2 Å². The molecular weight excluding hydrogens is 386 g/mol. The number of hydrogen-bond donors (Lipinski definition) is 2. The maximum absolute atomic E-state index is 12.8. The lowest BCUT2D eigenvalue weighted by Gasteiger charge is -2.26. The summed E-state index contributed by atoms with van der Waals surface area (Å²) in [6, 6.07) is 11.8. The van der Waals surface area contributed by atoms with Crippen LogP contribution in [0, 0.1) is 5.21 Å². The van der Waals surface area contributed by atoms with Gasteiger partial charge in [0.25, 0.3) is 0 Å². The van der Waals surface area contributed by atoms with Crippen molar-refractivity contribution in [3.63, 3.8) is 0 Å². The first kappa shape index (κ1) is 18.2. The third-order valence-electron chi connectivity index (χ3n) is 5.38. The van der Waals surface area contributed by atoms with Crippen LogP contribution in [0.2, 0.25) is 0 Å². The van der Waals surface area contributed by atoms with E-state index in [0.717, 1.165) is 58.6 Å². The van der Waals surface area contributed by atoms with Crippen molar-refractivity contribution in [2.45, 2.75) is 6.54 Å². The molecule has 0 radical (unpaired) electrons. The molecule has 0 saturated carbocycles. The molecule has 148 valence electrons. The summed E-state index contributed by atoms with van der Waals surface area (Å²) < 4.78 is 6.24. The average molecular weight is 407 g/mol. The topological polar surface area (TPSA) is 75.4 Å². The summed E-state index contributed by atoms with van der Waals surface area (Å²) in [5, 5.41) is 28.3. The van der Waals surface area contributed by atoms with E-state index in [-0.39, 0.29) is 5.88 Å². The minimum atomic E-state index is 0.00741. The molecule has 0 atom stereocenters. The van der Waals surface area contributed by atoms with E-state index in [2.05, 4.69) is 21.3 Å². The number of morpholine rings is 1. The number of aromatic amines is 1. The monoisotopic (exact) mass is 407 g/mol. The third-order valence-corrected chi connectivity index (χ3v) is 6.06. The van der Waals surface area contributed by atoms with Crippen molar-refractivity contribution in [3.8, 4) is 28.3 Å². The van der Waals surface area contributed by atoms with Gasteiger partial charge in [0.2, 0.25) is 11.6 Å². The Bertz CT molecular complexity index is 1150. The zero-order chi connectivity index (χ0) is 19.8. The Kier molecular flexibility index (Phi) is 4.71. The lowest BCUT2D eigenvalue weighted by molar-refractivity contribution is -0.594. The molecule has 1 aromatic carbocycles. The van der Waals surface area contributed by atoms with Gasteiger partial charge in [0.1, 0.15) is 5.56 Å². The molecule has 29 heavy (non-hydrogen) atoms. The quantitative estimate of drug-likeness (QED) is 0.399. The van der Waals surface area contributed by atoms with Crippen LogP contribution < -0.4 is 4.73 Å². The van der Waals surface area contributed by atoms with E-state index in [1.807, 2.05) is 29.6 Å². The molecule has 0 unspecified atom stereocenters. The second-order valence-electron chi connectivity index (χ2n) is 7.26. The standard InChI is InChI=1S/C22H21N3O3S/c26-22-21(18-11-16(2-3-19(18)23-22)17-5-10-29-14-17)20-4-1-15(13-25(20)27)12-24-6-8-28-9-7-24/h1-5,10-11,13-14,23,26H,6-9,12H2. The molecule has 1 saturated heterocycles. The highest BCUT2D eigenvalue weighted by Crippen LogP contribution is 2.37. The summed E-state index contributed by atoms with van der Waals surface area (Å²) in [5.74, 6) is 0.00741. The van der Waals surface area contributed by atoms with Crippen molar-refractivity contribution in [2.24, 2.45) is 0 Å². The molecule has 4 heterocycles. The van der Waals surface area contributed by atoms with Crippen molar-refractivity contribution >= 4 is 22.2 Å². The number of thiophene rings is 1. The predicted molar refractivity (Wildman–Crippen MR) is 114 cm³/mol. The maximum Gasteiger partial charge on any atom is 0.229 e. The summed E-state index contributed by atoms with van der Waals surface area (Å²) in [6.45, 7) is 3.91. The average Bonchev–Trinajstić information content (AvgIpc) is 3.36. The molecule has 6 nitrogen and oxygen atoms in total. The van der Waals surface area contributed by atoms with Crippen molar-refractivity contribution in [1.29, 1.82) is 0 Å². The van der Waals surface area contributed by atoms with E-state index < -0.39 is 0 Å². The summed E-state index contributed by atoms with van der Waals surface area (Å²) in [5.41, 5.74) is 4.89. The molecule has 7 heteroatoms. The highest BCUT2D eigenvalue weighted by molar-refractivity contribution is 7.08. The van der Waals surface area contributed by atoms with Crippen LogP contribution in [-0.4, -0.2) is 41.3 Å². The minimum absolute atomic E-state index is 0.00741. The van der Waals surface area contributed by atoms with Crippen LogP contribution in [0.3, 0.4) is 0 Å². The van der Waals surface area contributed by atoms with Gasteiger partial charge in [0, 0.05) is 42.2 Å². The molecule has 2 N–H and O–H groups in total. The summed E-state index contributed by atoms with van der Waals surface area (Å²) >= 11 is 1.64. The number of fused-ring (bicyclic) bond motifs is 1. The molecular formula is C22H21N3O3S. The number of aromatic hydroxyl groups is 1. The first-order valence-corrected chi connectivity index (χ1v) is 10.5. The van der Waals surface area contributed by atoms with Gasteiger partial charge < -0.3 is 20.0 Å². The van der Waals surface area contributed by atoms with Crippen LogP contribution in [0.15, 0.2) is 53.4 Å². The fourth-order valence-electron chi connectivity index (χ4n) is 3.87. The van der Waals surface area contributed by atoms with E-state index in [1.165, 1.54) is 0 Å². The number of aromatic nitrogens is 2. The summed E-state index contributed by atoms with van der Waals surface area (Å²) in [6.07, 6.45) is 1.60. The first-order chi connectivity index (χ1) is 14.2. The molecule has 0 amide bonds. The third kappa shape index (κ3) is 3.48. The fraction of sp³-hybridized carbons (Fsp3) is 0.227. The van der Waals surface area contributed by atoms with Crippen LogP contribution in [0.1, 0.15) is 5.56 Å². The second-order valence-corrected chi connectivity index (χ2v) is 8.04. The minimum Gasteiger partial charge on any atom is -0.618 e. The molecule has 4 aromatic rings. The summed E-state index contributed by atoms with van der Waals surface area (Å²) in [4.78, 5) is 5.26. The van der Waals surface area contributed by atoms with Gasteiger partial charge in [-0.1, -0.05) is 6.07 Å². The van der Waals surface area contributed by atoms with Crippen LogP contribution >= 0.6 is 11.3 Å². The highest BCUT2D eigenvalue weighted by atomic mass is 32.1. The Morgan fingerprint density at radius 3 is 2.76 bits per heavy atom. The van der Waals surface area contributed by atoms with Crippen LogP contribution in [0.25, 0.3) is 33.3 Å². The second kappa shape index (κ2) is 7.51. The Balaban J connectivity index is 1.52. The van der Waals surface area contributed by atoms with E-state index in [4.69, 9.17) is 4.74 Å². The van der Waals surface area contributed by atoms with Gasteiger partial charge in [-0.2, -0.15) is 16.1 Å². The van der Waals surface area contributed by atoms with Gasteiger partial charge in [-0.25, -0.2) is 0 Å². The number of benzene rings is 1. The summed E-state index contributed by atoms with van der Waals surface area (Å²) in [7, 11) is 0. The number of nitrogens with one attached hydrogen (secondary N) is 1. The number of nitrogens with zero attached hydrogens (tertiary/aromatic N) is 2. The number of pyridine rings is 1. The fourth-order valence-corrected chi connectivity index (χ4v) is 4.54. The van der Waals surface area contributed by atoms with E-state index in [0.29, 0.717) is 17.8 Å². The Morgan fingerprint density at radius 2 is 2.00 bits per heavy atom. The molecule has 3 aromatic heterocycles. The Hall–Kier alpha value is -2.87. The predicted octanol–water partition coefficient (Wildman–Crippen LogP) is 3.73. The Morgan fingerprint density at radius 1 is 1.14 bits per heavy atom. The van der Waals surface area contributed by atoms with Gasteiger partial charge in [-0.3, -0.25) is 4.90 Å². The molecule has 0 aliphatic carbocycles. The van der Waals surface area contributed by atoms with Crippen molar-refractivity contribution in [2.75, 3.05) is 26.3 Å². The van der Waals surface area contributed by atoms with Crippen LogP contribution in [0.5, 0.6) is 5.88 Å². The zero-order valence-corrected chi connectivity index (χ0v) is 16.6. The van der Waals surface area contributed by atoms with Crippen molar-refractivity contribution < 1.29 is 14.6 Å². The number of ether oxygens (including phenoxy) is 1. The largest absolute Gasteiger partial charge is 0.618 e.